The molecule has 0 spiro atoms. The van der Waals surface area contributed by atoms with Crippen LogP contribution in [-0.2, 0) is 10.2 Å². The summed E-state index contributed by atoms with van der Waals surface area (Å²) in [5, 5.41) is 4.19. The summed E-state index contributed by atoms with van der Waals surface area (Å²) in [6.07, 6.45) is 6.13. The van der Waals surface area contributed by atoms with Crippen molar-refractivity contribution in [2.75, 3.05) is 30.3 Å². The Kier molecular flexibility index (Phi) is 4.26. The molecule has 0 aliphatic carbocycles. The largest absolute Gasteiger partial charge is 0.367 e. The Morgan fingerprint density at radius 2 is 1.77 bits per heavy atom. The lowest BCUT2D eigenvalue weighted by Crippen LogP contribution is -2.45. The Labute approximate surface area is 131 Å². The molecule has 9 heteroatoms. The number of anilines is 2. The number of nitrogens with two attached hydrogens (primary N) is 1. The molecular weight excluding hydrogens is 304 g/mol. The molecule has 2 saturated heterocycles. The number of rotatable bonds is 3. The van der Waals surface area contributed by atoms with Gasteiger partial charge in [-0.1, -0.05) is 6.42 Å². The normalized spacial score (nSPS) is 24.6. The molecule has 3 rings (SSSR count). The van der Waals surface area contributed by atoms with Crippen LogP contribution in [0.3, 0.4) is 0 Å². The Balaban J connectivity index is 1.88. The lowest BCUT2D eigenvalue weighted by Gasteiger charge is -2.31. The van der Waals surface area contributed by atoms with Gasteiger partial charge in [0.05, 0.1) is 0 Å². The first-order valence-electron chi connectivity index (χ1n) is 8.00. The SMILES string of the molecule is C[C@@H]1CCCCN1S(=O)(=O)n1nc(N2CCCCC2)nc1N. The van der Waals surface area contributed by atoms with Gasteiger partial charge in [0.2, 0.25) is 11.9 Å². The van der Waals surface area contributed by atoms with Crippen LogP contribution in [0.15, 0.2) is 0 Å². The smallest absolute Gasteiger partial charge is 0.326 e. The highest BCUT2D eigenvalue weighted by atomic mass is 32.2. The van der Waals surface area contributed by atoms with Crippen LogP contribution in [0.25, 0.3) is 0 Å². The summed E-state index contributed by atoms with van der Waals surface area (Å²) in [4.78, 5) is 6.18. The molecule has 2 fully saturated rings. The van der Waals surface area contributed by atoms with Crippen LogP contribution in [0, 0.1) is 0 Å². The summed E-state index contributed by atoms with van der Waals surface area (Å²) in [7, 11) is -3.74. The molecule has 0 radical (unpaired) electrons. The first-order valence-corrected chi connectivity index (χ1v) is 9.39. The van der Waals surface area contributed by atoms with Crippen molar-refractivity contribution >= 4 is 22.1 Å². The molecule has 2 aliphatic heterocycles. The van der Waals surface area contributed by atoms with Gasteiger partial charge in [-0.2, -0.15) is 17.7 Å². The van der Waals surface area contributed by atoms with Crippen molar-refractivity contribution in [3.05, 3.63) is 0 Å². The lowest BCUT2D eigenvalue weighted by molar-refractivity contribution is 0.265. The van der Waals surface area contributed by atoms with Crippen LogP contribution in [0.4, 0.5) is 11.9 Å². The molecule has 0 bridgehead atoms. The average molecular weight is 328 g/mol. The van der Waals surface area contributed by atoms with E-state index in [-0.39, 0.29) is 12.0 Å². The summed E-state index contributed by atoms with van der Waals surface area (Å²) < 4.78 is 28.0. The Morgan fingerprint density at radius 3 is 2.45 bits per heavy atom. The second kappa shape index (κ2) is 6.04. The van der Waals surface area contributed by atoms with Crippen molar-refractivity contribution in [1.82, 2.24) is 18.5 Å². The van der Waals surface area contributed by atoms with Crippen molar-refractivity contribution in [2.45, 2.75) is 51.5 Å². The molecule has 0 amide bonds. The Bertz CT molecular complexity index is 622. The van der Waals surface area contributed by atoms with E-state index in [1.165, 1.54) is 10.7 Å². The quantitative estimate of drug-likeness (QED) is 0.882. The van der Waals surface area contributed by atoms with Crippen LogP contribution in [0.5, 0.6) is 0 Å². The topological polar surface area (TPSA) is 97.4 Å². The van der Waals surface area contributed by atoms with Crippen molar-refractivity contribution in [3.8, 4) is 0 Å². The van der Waals surface area contributed by atoms with E-state index in [4.69, 9.17) is 5.73 Å². The maximum absolute atomic E-state index is 12.8. The number of hydrogen-bond acceptors (Lipinski definition) is 6. The van der Waals surface area contributed by atoms with E-state index in [1.807, 2.05) is 11.8 Å². The summed E-state index contributed by atoms with van der Waals surface area (Å²) >= 11 is 0. The summed E-state index contributed by atoms with van der Waals surface area (Å²) in [6.45, 7) is 4.14. The Hall–Kier alpha value is -1.35. The van der Waals surface area contributed by atoms with Crippen molar-refractivity contribution in [2.24, 2.45) is 0 Å². The highest BCUT2D eigenvalue weighted by Gasteiger charge is 2.34. The summed E-state index contributed by atoms with van der Waals surface area (Å²) in [6, 6.07) is -0.0270. The zero-order valence-corrected chi connectivity index (χ0v) is 13.8. The third-order valence-corrected chi connectivity index (χ3v) is 6.33. The maximum atomic E-state index is 12.8. The van der Waals surface area contributed by atoms with E-state index in [0.717, 1.165) is 49.3 Å². The molecule has 0 saturated carbocycles. The zero-order valence-electron chi connectivity index (χ0n) is 13.0. The Morgan fingerprint density at radius 1 is 1.09 bits per heavy atom. The third-order valence-electron chi connectivity index (χ3n) is 4.49. The molecule has 2 aliphatic rings. The number of aromatic nitrogens is 3. The molecule has 1 aromatic rings. The fraction of sp³-hybridized carbons (Fsp3) is 0.846. The van der Waals surface area contributed by atoms with E-state index in [0.29, 0.717) is 12.5 Å². The molecule has 22 heavy (non-hydrogen) atoms. The number of piperidine rings is 2. The maximum Gasteiger partial charge on any atom is 0.326 e. The van der Waals surface area contributed by atoms with E-state index in [1.54, 1.807) is 0 Å². The molecule has 8 nitrogen and oxygen atoms in total. The minimum Gasteiger partial charge on any atom is -0.367 e. The van der Waals surface area contributed by atoms with Gasteiger partial charge >= 0.3 is 10.2 Å². The van der Waals surface area contributed by atoms with Gasteiger partial charge in [-0.25, -0.2) is 0 Å². The third kappa shape index (κ3) is 2.79. The molecule has 124 valence electrons. The van der Waals surface area contributed by atoms with Crippen LogP contribution in [0.2, 0.25) is 0 Å². The van der Waals surface area contributed by atoms with Crippen LogP contribution < -0.4 is 10.6 Å². The van der Waals surface area contributed by atoms with E-state index in [9.17, 15) is 8.42 Å². The molecule has 0 unspecified atom stereocenters. The molecule has 1 atom stereocenters. The van der Waals surface area contributed by atoms with Gasteiger partial charge in [-0.05, 0) is 39.0 Å². The van der Waals surface area contributed by atoms with Crippen molar-refractivity contribution in [1.29, 1.82) is 0 Å². The highest BCUT2D eigenvalue weighted by molar-refractivity contribution is 7.87. The molecule has 0 aromatic carbocycles. The van der Waals surface area contributed by atoms with Crippen LogP contribution in [0.1, 0.15) is 45.4 Å². The second-order valence-electron chi connectivity index (χ2n) is 6.12. The minimum absolute atomic E-state index is 0.0270. The van der Waals surface area contributed by atoms with Gasteiger partial charge in [-0.15, -0.1) is 9.19 Å². The van der Waals surface area contributed by atoms with Crippen LogP contribution in [-0.4, -0.2) is 52.6 Å². The monoisotopic (exact) mass is 328 g/mol. The molecule has 2 N–H and O–H groups in total. The number of hydrogen-bond donors (Lipinski definition) is 1. The van der Waals surface area contributed by atoms with E-state index >= 15 is 0 Å². The fourth-order valence-electron chi connectivity index (χ4n) is 3.21. The predicted molar refractivity (Wildman–Crippen MR) is 84.8 cm³/mol. The first kappa shape index (κ1) is 15.5. The number of nitrogen functional groups attached to an aromatic ring is 1. The second-order valence-corrected chi connectivity index (χ2v) is 7.83. The van der Waals surface area contributed by atoms with E-state index in [2.05, 4.69) is 10.1 Å². The minimum atomic E-state index is -3.74. The summed E-state index contributed by atoms with van der Waals surface area (Å²) in [5.74, 6) is 0.365. The average Bonchev–Trinajstić information content (AvgIpc) is 2.91. The lowest BCUT2D eigenvalue weighted by atomic mass is 10.1. The van der Waals surface area contributed by atoms with Crippen LogP contribution >= 0.6 is 0 Å². The van der Waals surface area contributed by atoms with E-state index < -0.39 is 10.2 Å². The fourth-order valence-corrected chi connectivity index (χ4v) is 4.78. The predicted octanol–water partition coefficient (Wildman–Crippen LogP) is 0.818. The highest BCUT2D eigenvalue weighted by Crippen LogP contribution is 2.24. The standard InChI is InChI=1S/C13H24N6O2S/c1-11-7-3-6-10-18(11)22(20,21)19-12(14)15-13(16-19)17-8-4-2-5-9-17/h11H,2-10H2,1H3,(H2,14,15,16)/t11-/m1/s1. The zero-order chi connectivity index (χ0) is 15.7. The van der Waals surface area contributed by atoms with Crippen molar-refractivity contribution < 1.29 is 8.42 Å². The first-order chi connectivity index (χ1) is 10.5. The van der Waals surface area contributed by atoms with Gasteiger partial charge in [0.1, 0.15) is 0 Å². The van der Waals surface area contributed by atoms with Gasteiger partial charge in [0.25, 0.3) is 0 Å². The molecular formula is C13H24N6O2S. The van der Waals surface area contributed by atoms with Gasteiger partial charge in [0.15, 0.2) is 0 Å². The molecule has 3 heterocycles. The van der Waals surface area contributed by atoms with Crippen molar-refractivity contribution in [3.63, 3.8) is 0 Å². The molecule has 1 aromatic heterocycles. The van der Waals surface area contributed by atoms with Gasteiger partial charge in [-0.3, -0.25) is 0 Å². The van der Waals surface area contributed by atoms with Gasteiger partial charge in [0, 0.05) is 25.7 Å². The van der Waals surface area contributed by atoms with Gasteiger partial charge < -0.3 is 10.6 Å². The number of nitrogens with zero attached hydrogens (tertiary/aromatic N) is 5. The summed E-state index contributed by atoms with van der Waals surface area (Å²) in [5.41, 5.74) is 5.84.